The van der Waals surface area contributed by atoms with Crippen molar-refractivity contribution in [2.45, 2.75) is 51.4 Å². The number of amides is 8. The summed E-state index contributed by atoms with van der Waals surface area (Å²) in [7, 11) is 1.41. The van der Waals surface area contributed by atoms with E-state index in [4.69, 9.17) is 9.57 Å². The van der Waals surface area contributed by atoms with Gasteiger partial charge in [0.1, 0.15) is 11.3 Å². The minimum atomic E-state index is -1.02. The summed E-state index contributed by atoms with van der Waals surface area (Å²) in [6, 6.07) is 15.3. The highest BCUT2D eigenvalue weighted by Gasteiger charge is 2.37. The maximum Gasteiger partial charge on any atom is 0.367 e. The summed E-state index contributed by atoms with van der Waals surface area (Å²) in [6.07, 6.45) is 0.0168. The summed E-state index contributed by atoms with van der Waals surface area (Å²) in [6.45, 7) is 0. The van der Waals surface area contributed by atoms with Crippen molar-refractivity contribution in [3.63, 3.8) is 0 Å². The molecule has 0 N–H and O–H groups in total. The van der Waals surface area contributed by atoms with Gasteiger partial charge in [-0.15, -0.1) is 20.3 Å². The Morgan fingerprint density at radius 3 is 1.19 bits per heavy atom. The molecule has 34 heteroatoms. The summed E-state index contributed by atoms with van der Waals surface area (Å²) < 4.78 is 6.33. The van der Waals surface area contributed by atoms with Crippen molar-refractivity contribution in [2.75, 3.05) is 7.11 Å². The largest absolute Gasteiger partial charge is 0.496 e. The Hall–Kier alpha value is -8.76. The molecule has 8 rings (SSSR count). The van der Waals surface area contributed by atoms with Gasteiger partial charge < -0.3 is 24.1 Å². The number of non-ortho nitro benzene ring substituents is 1. The van der Waals surface area contributed by atoms with E-state index in [0.717, 1.165) is 22.7 Å². The number of carbonyl (C=O) groups is 12. The molecule has 0 spiro atoms. The SMILES string of the molecule is COc1cc(Br)ccc1C(=O)ON1C(=O)CCC1=O.O=C(ON1C(=O)CCC1=O)c1cc([N+](=O)[O-])ccc1Br.O=C(ON1C(=O)CCC1=O)c1ccc(Br)c([N+](=O)[O-])c1.O=C(ON1C(=O)CCC1=O)c1ccc([N+](=O)[O-])c(Br)c1. The number of nitro benzene ring substituents is 3. The van der Waals surface area contributed by atoms with E-state index in [2.05, 4.69) is 78.2 Å². The number of imide groups is 4. The van der Waals surface area contributed by atoms with Crippen molar-refractivity contribution >= 4 is 152 Å². The monoisotopic (exact) mass is 1350 g/mol. The third-order valence-electron chi connectivity index (χ3n) is 10.2. The molecule has 0 saturated carbocycles. The van der Waals surface area contributed by atoms with Gasteiger partial charge in [0.2, 0.25) is 0 Å². The second-order valence-corrected chi connectivity index (χ2v) is 18.9. The fraction of sp³-hybridized carbons (Fsp3) is 0.200. The van der Waals surface area contributed by atoms with Crippen molar-refractivity contribution in [2.24, 2.45) is 0 Å². The number of ether oxygens (including phenoxy) is 1. The average Bonchev–Trinajstić information content (AvgIpc) is 4.12. The minimum absolute atomic E-state index is 0.00390. The van der Waals surface area contributed by atoms with Crippen LogP contribution in [0, 0.1) is 30.3 Å². The molecule has 4 aliphatic heterocycles. The van der Waals surface area contributed by atoms with Crippen LogP contribution < -0.4 is 4.74 Å². The molecule has 0 unspecified atom stereocenters. The van der Waals surface area contributed by atoms with Crippen molar-refractivity contribution in [3.05, 3.63) is 143 Å². The molecule has 0 radical (unpaired) electrons. The Morgan fingerprint density at radius 1 is 0.418 bits per heavy atom. The number of rotatable bonds is 12. The number of nitrogens with zero attached hydrogens (tertiary/aromatic N) is 7. The molecule has 79 heavy (non-hydrogen) atoms. The first kappa shape index (κ1) is 61.1. The standard InChI is InChI=1S/C12H10BrNO5.3C11H7BrN2O6/c1-18-9-6-7(13)2-3-8(9)12(17)19-14-10(15)4-5-11(14)16;12-8-2-1-6(14(18)19)5-7(8)11(17)20-13-9(15)3-4-10(13)16;12-7-5-6(1-2-8(7)14(18)19)11(17)20-13-9(15)3-4-10(13)16;12-7-2-1-6(5-8(7)14(18)19)11(17)20-13-9(15)3-4-10(13)16/h2-3,6H,4-5H2,1H3;3*1-2,5H,3-4H2. The van der Waals surface area contributed by atoms with Crippen LogP contribution in [-0.2, 0) is 57.7 Å². The van der Waals surface area contributed by atoms with Gasteiger partial charge in [-0.2, -0.15) is 0 Å². The molecule has 4 fully saturated rings. The number of halogens is 4. The van der Waals surface area contributed by atoms with E-state index in [9.17, 15) is 87.9 Å². The van der Waals surface area contributed by atoms with Crippen LogP contribution in [0.4, 0.5) is 17.1 Å². The minimum Gasteiger partial charge on any atom is -0.496 e. The van der Waals surface area contributed by atoms with Crippen LogP contribution in [0.5, 0.6) is 5.75 Å². The highest BCUT2D eigenvalue weighted by Crippen LogP contribution is 2.30. The fourth-order valence-electron chi connectivity index (χ4n) is 6.35. The lowest BCUT2D eigenvalue weighted by Crippen LogP contribution is -2.32. The predicted molar refractivity (Wildman–Crippen MR) is 269 cm³/mol. The number of hydrogen-bond donors (Lipinski definition) is 0. The zero-order chi connectivity index (χ0) is 58.6. The Kier molecular flexibility index (Phi) is 20.9. The number of methoxy groups -OCH3 is 1. The van der Waals surface area contributed by atoms with Crippen LogP contribution in [0.1, 0.15) is 92.8 Å². The van der Waals surface area contributed by atoms with Crippen molar-refractivity contribution in [3.8, 4) is 5.75 Å². The molecule has 4 aliphatic rings. The average molecular weight is 1360 g/mol. The van der Waals surface area contributed by atoms with E-state index < -0.39 is 85.9 Å². The summed E-state index contributed by atoms with van der Waals surface area (Å²) in [5.41, 5.74) is -1.00. The van der Waals surface area contributed by atoms with Crippen molar-refractivity contribution in [1.29, 1.82) is 0 Å². The summed E-state index contributed by atoms with van der Waals surface area (Å²) in [5.74, 6) is -8.19. The van der Waals surface area contributed by atoms with E-state index in [0.29, 0.717) is 26.0 Å². The summed E-state index contributed by atoms with van der Waals surface area (Å²) in [5, 5.41) is 33.7. The third kappa shape index (κ3) is 15.7. The molecule has 412 valence electrons. The molecule has 0 aromatic heterocycles. The highest BCUT2D eigenvalue weighted by molar-refractivity contribution is 9.11. The van der Waals surface area contributed by atoms with Gasteiger partial charge >= 0.3 is 23.9 Å². The maximum atomic E-state index is 11.9. The van der Waals surface area contributed by atoms with E-state index in [1.54, 1.807) is 12.1 Å². The highest BCUT2D eigenvalue weighted by atomic mass is 79.9. The first-order chi connectivity index (χ1) is 37.2. The zero-order valence-corrected chi connectivity index (χ0v) is 46.0. The summed E-state index contributed by atoms with van der Waals surface area (Å²) in [4.78, 5) is 187. The van der Waals surface area contributed by atoms with Gasteiger partial charge in [-0.25, -0.2) is 19.2 Å². The number of hydroxylamine groups is 8. The molecule has 0 aliphatic carbocycles. The zero-order valence-electron chi connectivity index (χ0n) is 39.6. The molecule has 4 aromatic rings. The normalized spacial score (nSPS) is 14.6. The quantitative estimate of drug-likeness (QED) is 0.0839. The molecule has 4 saturated heterocycles. The number of benzene rings is 4. The Bertz CT molecular complexity index is 3240. The number of hydrogen-bond acceptors (Lipinski definition) is 23. The number of nitro groups is 3. The third-order valence-corrected chi connectivity index (χ3v) is 12.7. The molecule has 0 atom stereocenters. The van der Waals surface area contributed by atoms with Crippen LogP contribution in [0.25, 0.3) is 0 Å². The molecule has 4 aromatic carbocycles. The second-order valence-electron chi connectivity index (χ2n) is 15.5. The van der Waals surface area contributed by atoms with Crippen molar-refractivity contribution < 1.29 is 96.4 Å². The Labute approximate surface area is 473 Å². The van der Waals surface area contributed by atoms with Crippen LogP contribution in [0.15, 0.2) is 90.7 Å². The Morgan fingerprint density at radius 2 is 0.797 bits per heavy atom. The van der Waals surface area contributed by atoms with E-state index in [1.807, 2.05) is 0 Å². The van der Waals surface area contributed by atoms with Crippen LogP contribution in [0.3, 0.4) is 0 Å². The van der Waals surface area contributed by atoms with Gasteiger partial charge in [0.05, 0.1) is 47.5 Å². The van der Waals surface area contributed by atoms with Gasteiger partial charge in [-0.1, -0.05) is 15.9 Å². The lowest BCUT2D eigenvalue weighted by Gasteiger charge is -2.14. The first-order valence-corrected chi connectivity index (χ1v) is 24.9. The van der Waals surface area contributed by atoms with E-state index >= 15 is 0 Å². The van der Waals surface area contributed by atoms with Gasteiger partial charge in [-0.05, 0) is 96.3 Å². The van der Waals surface area contributed by atoms with Crippen LogP contribution in [0.2, 0.25) is 0 Å². The van der Waals surface area contributed by atoms with Gasteiger partial charge in [0.15, 0.2) is 0 Å². The van der Waals surface area contributed by atoms with Crippen LogP contribution in [-0.4, -0.2) is 113 Å². The lowest BCUT2D eigenvalue weighted by molar-refractivity contribution is -0.385. The lowest BCUT2D eigenvalue weighted by atomic mass is 10.2. The first-order valence-electron chi connectivity index (χ1n) is 21.7. The van der Waals surface area contributed by atoms with Gasteiger partial charge in [0.25, 0.3) is 64.3 Å². The van der Waals surface area contributed by atoms with Crippen LogP contribution >= 0.6 is 63.7 Å². The molecular weight excluding hydrogens is 1330 g/mol. The second kappa shape index (κ2) is 27.0. The molecule has 0 bridgehead atoms. The molecular formula is C45H31Br4N7O23. The molecule has 30 nitrogen and oxygen atoms in total. The predicted octanol–water partition coefficient (Wildman–Crippen LogP) is 6.41. The Balaban J connectivity index is 0.000000194. The van der Waals surface area contributed by atoms with E-state index in [1.165, 1.54) is 49.6 Å². The topological polar surface area (TPSA) is 393 Å². The molecule has 4 heterocycles. The van der Waals surface area contributed by atoms with Crippen molar-refractivity contribution in [1.82, 2.24) is 20.3 Å². The smallest absolute Gasteiger partial charge is 0.367 e. The number of carbonyl (C=O) groups excluding carboxylic acids is 12. The summed E-state index contributed by atoms with van der Waals surface area (Å²) >= 11 is 12.2. The van der Waals surface area contributed by atoms with Gasteiger partial charge in [0, 0.05) is 84.6 Å². The van der Waals surface area contributed by atoms with Gasteiger partial charge in [-0.3, -0.25) is 68.7 Å². The molecule has 8 amide bonds. The maximum absolute atomic E-state index is 11.9. The van der Waals surface area contributed by atoms with E-state index in [-0.39, 0.29) is 104 Å². The fourth-order valence-corrected chi connectivity index (χ4v) is 8.01.